The fraction of sp³-hybridized carbons (Fsp3) is 0.286. The van der Waals surface area contributed by atoms with E-state index < -0.39 is 0 Å². The van der Waals surface area contributed by atoms with Gasteiger partial charge in [-0.2, -0.15) is 5.10 Å². The zero-order valence-corrected chi connectivity index (χ0v) is 17.0. The Labute approximate surface area is 169 Å². The summed E-state index contributed by atoms with van der Waals surface area (Å²) in [7, 11) is 1.73. The molecule has 0 unspecified atom stereocenters. The Bertz CT molecular complexity index is 956. The number of carbonyl (C=O) groups is 1. The predicted molar refractivity (Wildman–Crippen MR) is 109 cm³/mol. The van der Waals surface area contributed by atoms with E-state index in [-0.39, 0.29) is 11.6 Å². The van der Waals surface area contributed by atoms with E-state index in [9.17, 15) is 4.79 Å². The molecule has 0 N–H and O–H groups in total. The van der Waals surface area contributed by atoms with E-state index in [1.165, 1.54) is 0 Å². The molecular formula is C21H23ClN4O2. The lowest BCUT2D eigenvalue weighted by Crippen LogP contribution is -2.30. The van der Waals surface area contributed by atoms with Crippen LogP contribution in [0.15, 0.2) is 48.5 Å². The van der Waals surface area contributed by atoms with Crippen LogP contribution in [0.4, 0.5) is 0 Å². The molecule has 0 aliphatic heterocycles. The maximum Gasteiger partial charge on any atom is 0.273 e. The monoisotopic (exact) mass is 398 g/mol. The van der Waals surface area contributed by atoms with E-state index in [0.717, 1.165) is 17.1 Å². The maximum absolute atomic E-state index is 12.8. The molecule has 28 heavy (non-hydrogen) atoms. The molecular weight excluding hydrogens is 376 g/mol. The highest BCUT2D eigenvalue weighted by atomic mass is 35.5. The van der Waals surface area contributed by atoms with E-state index in [0.29, 0.717) is 30.4 Å². The molecule has 3 aromatic rings. The fourth-order valence-electron chi connectivity index (χ4n) is 2.85. The SMILES string of the molecule is Cc1cc(C)n(-c2ccc(Cl)c(C(=O)N(C)CCCOc3ccccc3)n2)n1. The molecule has 1 amide bonds. The van der Waals surface area contributed by atoms with Crippen LogP contribution in [0.3, 0.4) is 0 Å². The molecule has 0 bridgehead atoms. The third-order valence-electron chi connectivity index (χ3n) is 4.26. The Hall–Kier alpha value is -2.86. The number of rotatable bonds is 7. The summed E-state index contributed by atoms with van der Waals surface area (Å²) in [5, 5.41) is 4.74. The lowest BCUT2D eigenvalue weighted by Gasteiger charge is -2.18. The number of nitrogens with zero attached hydrogens (tertiary/aromatic N) is 4. The lowest BCUT2D eigenvalue weighted by molar-refractivity contribution is 0.0782. The van der Waals surface area contributed by atoms with Gasteiger partial charge in [-0.15, -0.1) is 0 Å². The van der Waals surface area contributed by atoms with Crippen LogP contribution in [0.2, 0.25) is 5.02 Å². The fourth-order valence-corrected chi connectivity index (χ4v) is 3.04. The molecule has 2 aromatic heterocycles. The van der Waals surface area contributed by atoms with Crippen molar-refractivity contribution < 1.29 is 9.53 Å². The number of carbonyl (C=O) groups excluding carboxylic acids is 1. The van der Waals surface area contributed by atoms with Gasteiger partial charge in [-0.1, -0.05) is 29.8 Å². The number of halogens is 1. The molecule has 0 aliphatic rings. The van der Waals surface area contributed by atoms with Crippen LogP contribution in [0.25, 0.3) is 5.82 Å². The van der Waals surface area contributed by atoms with Crippen LogP contribution in [-0.2, 0) is 0 Å². The number of benzene rings is 1. The second-order valence-corrected chi connectivity index (χ2v) is 6.99. The van der Waals surface area contributed by atoms with Gasteiger partial charge >= 0.3 is 0 Å². The Morgan fingerprint density at radius 1 is 1.18 bits per heavy atom. The summed E-state index contributed by atoms with van der Waals surface area (Å²) in [6.45, 7) is 4.91. The molecule has 6 nitrogen and oxygen atoms in total. The van der Waals surface area contributed by atoms with Crippen molar-refractivity contribution in [2.75, 3.05) is 20.2 Å². The van der Waals surface area contributed by atoms with Crippen molar-refractivity contribution in [3.05, 3.63) is 70.6 Å². The first-order valence-corrected chi connectivity index (χ1v) is 9.47. The second kappa shape index (κ2) is 8.89. The van der Waals surface area contributed by atoms with E-state index >= 15 is 0 Å². The van der Waals surface area contributed by atoms with E-state index in [1.54, 1.807) is 28.8 Å². The normalized spacial score (nSPS) is 10.7. The van der Waals surface area contributed by atoms with Gasteiger partial charge in [0.15, 0.2) is 5.82 Å². The second-order valence-electron chi connectivity index (χ2n) is 6.58. The molecule has 0 atom stereocenters. The summed E-state index contributed by atoms with van der Waals surface area (Å²) in [4.78, 5) is 18.9. The number of ether oxygens (including phenoxy) is 1. The van der Waals surface area contributed by atoms with Crippen LogP contribution in [0.1, 0.15) is 28.3 Å². The summed E-state index contributed by atoms with van der Waals surface area (Å²) in [5.74, 6) is 1.16. The van der Waals surface area contributed by atoms with Gasteiger partial charge < -0.3 is 9.64 Å². The minimum Gasteiger partial charge on any atom is -0.494 e. The molecule has 0 radical (unpaired) electrons. The Morgan fingerprint density at radius 2 is 1.93 bits per heavy atom. The summed E-state index contributed by atoms with van der Waals surface area (Å²) in [6.07, 6.45) is 0.700. The number of hydrogen-bond donors (Lipinski definition) is 0. The van der Waals surface area contributed by atoms with Crippen molar-refractivity contribution in [3.8, 4) is 11.6 Å². The number of pyridine rings is 1. The number of para-hydroxylation sites is 1. The smallest absolute Gasteiger partial charge is 0.273 e. The highest BCUT2D eigenvalue weighted by Gasteiger charge is 2.18. The average Bonchev–Trinajstić information content (AvgIpc) is 3.04. The first-order valence-electron chi connectivity index (χ1n) is 9.09. The Morgan fingerprint density at radius 3 is 2.61 bits per heavy atom. The topological polar surface area (TPSA) is 60.2 Å². The van der Waals surface area contributed by atoms with Crippen LogP contribution in [-0.4, -0.2) is 45.8 Å². The minimum absolute atomic E-state index is 0.221. The molecule has 0 fully saturated rings. The van der Waals surface area contributed by atoms with Gasteiger partial charge in [-0.3, -0.25) is 4.79 Å². The van der Waals surface area contributed by atoms with Gasteiger partial charge in [0.1, 0.15) is 11.4 Å². The molecule has 7 heteroatoms. The number of aryl methyl sites for hydroxylation is 2. The molecule has 0 saturated carbocycles. The molecule has 3 rings (SSSR count). The van der Waals surface area contributed by atoms with Gasteiger partial charge in [-0.25, -0.2) is 9.67 Å². The van der Waals surface area contributed by atoms with Gasteiger partial charge in [0.05, 0.1) is 17.3 Å². The standard InChI is InChI=1S/C21H23ClN4O2/c1-15-14-16(2)26(24-15)19-11-10-18(22)20(23-19)21(27)25(3)12-7-13-28-17-8-5-4-6-9-17/h4-6,8-11,14H,7,12-13H2,1-3H3. The summed E-state index contributed by atoms with van der Waals surface area (Å²) >= 11 is 6.24. The zero-order valence-electron chi connectivity index (χ0n) is 16.2. The molecule has 0 aliphatic carbocycles. The van der Waals surface area contributed by atoms with Gasteiger partial charge in [0.2, 0.25) is 0 Å². The third kappa shape index (κ3) is 4.70. The van der Waals surface area contributed by atoms with Gasteiger partial charge in [0.25, 0.3) is 5.91 Å². The van der Waals surface area contributed by atoms with Crippen molar-refractivity contribution in [2.24, 2.45) is 0 Å². The van der Waals surface area contributed by atoms with Crippen molar-refractivity contribution in [3.63, 3.8) is 0 Å². The first-order chi connectivity index (χ1) is 13.5. The highest BCUT2D eigenvalue weighted by Crippen LogP contribution is 2.19. The third-order valence-corrected chi connectivity index (χ3v) is 4.56. The molecule has 2 heterocycles. The van der Waals surface area contributed by atoms with Crippen LogP contribution >= 0.6 is 11.6 Å². The average molecular weight is 399 g/mol. The predicted octanol–water partition coefficient (Wildman–Crippen LogP) is 4.08. The summed E-state index contributed by atoms with van der Waals surface area (Å²) in [6, 6.07) is 15.0. The van der Waals surface area contributed by atoms with Crippen LogP contribution < -0.4 is 4.74 Å². The molecule has 0 saturated heterocycles. The van der Waals surface area contributed by atoms with Crippen LogP contribution in [0, 0.1) is 13.8 Å². The summed E-state index contributed by atoms with van der Waals surface area (Å²) < 4.78 is 7.37. The minimum atomic E-state index is -0.229. The number of aromatic nitrogens is 3. The Balaban J connectivity index is 1.64. The number of hydrogen-bond acceptors (Lipinski definition) is 4. The molecule has 146 valence electrons. The molecule has 0 spiro atoms. The summed E-state index contributed by atoms with van der Waals surface area (Å²) in [5.41, 5.74) is 2.05. The van der Waals surface area contributed by atoms with E-state index in [4.69, 9.17) is 16.3 Å². The largest absolute Gasteiger partial charge is 0.494 e. The van der Waals surface area contributed by atoms with Crippen molar-refractivity contribution in [1.82, 2.24) is 19.7 Å². The lowest BCUT2D eigenvalue weighted by atomic mass is 10.3. The van der Waals surface area contributed by atoms with Gasteiger partial charge in [0, 0.05) is 19.3 Å². The highest BCUT2D eigenvalue weighted by molar-refractivity contribution is 6.33. The number of amides is 1. The Kier molecular flexibility index (Phi) is 6.31. The zero-order chi connectivity index (χ0) is 20.1. The van der Waals surface area contributed by atoms with Crippen molar-refractivity contribution in [1.29, 1.82) is 0 Å². The van der Waals surface area contributed by atoms with Gasteiger partial charge in [-0.05, 0) is 50.6 Å². The van der Waals surface area contributed by atoms with E-state index in [1.807, 2.05) is 50.2 Å². The van der Waals surface area contributed by atoms with Crippen molar-refractivity contribution in [2.45, 2.75) is 20.3 Å². The van der Waals surface area contributed by atoms with Crippen LogP contribution in [0.5, 0.6) is 5.75 Å². The van der Waals surface area contributed by atoms with E-state index in [2.05, 4.69) is 10.1 Å². The first kappa shape index (κ1) is 19.9. The molecule has 1 aromatic carbocycles. The quantitative estimate of drug-likeness (QED) is 0.562. The maximum atomic E-state index is 12.8. The van der Waals surface area contributed by atoms with Crippen molar-refractivity contribution >= 4 is 17.5 Å².